The Balaban J connectivity index is -0.000000335. The number of hydrogen-bond acceptors (Lipinski definition) is 7. The largest absolute Gasteiger partial charge is 0.362 e. The average Bonchev–Trinajstić information content (AvgIpc) is 3.17. The SMILES string of the molecule is C.C.Cc1[nH]c(C)c(C)c(=O)c1C.Cc1c(C)c(C)[n+](O)c(C)c1C.Cc1c([N+](=O)[O-])c(C)c(C)[n+](O)c1C.Cc1cc(C)c(C)nc1C.Cc1nc(C)c(C)c(C)c1C.[2HH].[B]. The van der Waals surface area contributed by atoms with Gasteiger partial charge < -0.3 is 4.98 Å². The molecule has 5 aromatic rings. The second-order valence-electron chi connectivity index (χ2n) is 15.6. The minimum atomic E-state index is -0.412. The molecule has 0 atom stereocenters. The van der Waals surface area contributed by atoms with Crippen LogP contribution < -0.4 is 14.9 Å². The number of H-pyrrole nitrogens is 1. The van der Waals surface area contributed by atoms with Crippen molar-refractivity contribution in [1.82, 2.24) is 15.0 Å². The van der Waals surface area contributed by atoms with Gasteiger partial charge in [0.05, 0.1) is 16.1 Å². The Morgan fingerprint density at radius 3 is 1.07 bits per heavy atom. The van der Waals surface area contributed by atoms with Gasteiger partial charge >= 0.3 is 0 Å². The summed E-state index contributed by atoms with van der Waals surface area (Å²) in [5.74, 6) is 0. The van der Waals surface area contributed by atoms with Crippen LogP contribution in [0.15, 0.2) is 10.9 Å². The first kappa shape index (κ1) is 59.9. The van der Waals surface area contributed by atoms with Crippen molar-refractivity contribution in [2.75, 3.05) is 0 Å². The molecule has 0 saturated heterocycles. The highest BCUT2D eigenvalue weighted by atomic mass is 16.6. The molecular formula is C49H80BN6O5+2. The summed E-state index contributed by atoms with van der Waals surface area (Å²) in [5.41, 5.74) is 22.5. The molecule has 61 heavy (non-hydrogen) atoms. The monoisotopic (exact) mass is 845 g/mol. The van der Waals surface area contributed by atoms with Gasteiger partial charge in [0.15, 0.2) is 5.43 Å². The standard InChI is InChI=1S/C10H16NO.C10H15N.C9H13N2O3.C9H13NO.C9H13N.2CH4.B.H2/c1-6-7(2)9(4)11(12)10(5)8(6)3;1-6-7(2)9(4)11-10(5)8(6)3;1-5-7(3)10(12)8(4)6(2)9(5)11(13)14;1-5-7(3)10-8(4)6(2)9(5)11;1-6-5-7(2)9(4)10-8(6)3;;;;/h12H,1-5H3;1-5H3;12H,1-4H3;1-4H3,(H,10,11);5H,1-4H3;2*1H4;;1H/q+1;;+1;;;;;;/i;;;;;;;;1+1. The lowest BCUT2D eigenvalue weighted by Gasteiger charge is -2.09. The van der Waals surface area contributed by atoms with Gasteiger partial charge in [0.1, 0.15) is 0 Å². The highest BCUT2D eigenvalue weighted by Gasteiger charge is 2.28. The van der Waals surface area contributed by atoms with E-state index in [2.05, 4.69) is 76.4 Å². The van der Waals surface area contributed by atoms with Gasteiger partial charge in [0.25, 0.3) is 5.69 Å². The summed E-state index contributed by atoms with van der Waals surface area (Å²) in [6, 6.07) is 2.18. The van der Waals surface area contributed by atoms with Gasteiger partial charge in [-0.25, -0.2) is 0 Å². The summed E-state index contributed by atoms with van der Waals surface area (Å²) in [6.45, 7) is 42.9. The van der Waals surface area contributed by atoms with E-state index in [1.54, 1.807) is 27.7 Å². The number of nitrogens with one attached hydrogen (secondary N) is 1. The molecule has 0 fully saturated rings. The first-order chi connectivity index (χ1) is 26.5. The summed E-state index contributed by atoms with van der Waals surface area (Å²) in [5, 5.41) is 30.0. The molecule has 0 unspecified atom stereocenters. The van der Waals surface area contributed by atoms with Gasteiger partial charge in [-0.1, -0.05) is 20.9 Å². The maximum atomic E-state index is 11.4. The molecule has 0 bridgehead atoms. The molecule has 3 N–H and O–H groups in total. The topological polar surface area (TPSA) is 150 Å². The van der Waals surface area contributed by atoms with E-state index >= 15 is 0 Å². The van der Waals surface area contributed by atoms with E-state index in [-0.39, 0.29) is 35.8 Å². The fraction of sp³-hybridized carbons (Fsp3) is 0.490. The van der Waals surface area contributed by atoms with E-state index in [0.29, 0.717) is 22.5 Å². The summed E-state index contributed by atoms with van der Waals surface area (Å²) in [7, 11) is 0. The molecule has 5 aromatic heterocycles. The van der Waals surface area contributed by atoms with Crippen LogP contribution in [0.25, 0.3) is 0 Å². The maximum Gasteiger partial charge on any atom is 0.288 e. The Labute approximate surface area is 371 Å². The number of pyridine rings is 5. The number of nitrogens with zero attached hydrogens (tertiary/aromatic N) is 5. The Kier molecular flexibility index (Phi) is 24.3. The molecule has 0 aliphatic rings. The lowest BCUT2D eigenvalue weighted by atomic mass is 10.0. The summed E-state index contributed by atoms with van der Waals surface area (Å²) in [6.07, 6.45) is 0. The number of aromatic amines is 1. The zero-order valence-electron chi connectivity index (χ0n) is 40.0. The molecule has 337 valence electrons. The van der Waals surface area contributed by atoms with Gasteiger partial charge in [0.2, 0.25) is 22.8 Å². The minimum Gasteiger partial charge on any atom is -0.362 e. The van der Waals surface area contributed by atoms with Crippen LogP contribution in [0.5, 0.6) is 0 Å². The summed E-state index contributed by atoms with van der Waals surface area (Å²) in [4.78, 5) is 33.7. The van der Waals surface area contributed by atoms with Gasteiger partial charge in [-0.3, -0.25) is 35.3 Å². The smallest absolute Gasteiger partial charge is 0.288 e. The third kappa shape index (κ3) is 14.4. The number of hydrogen-bond donors (Lipinski definition) is 3. The van der Waals surface area contributed by atoms with Crippen molar-refractivity contribution in [1.29, 1.82) is 0 Å². The molecule has 0 aliphatic carbocycles. The Bertz CT molecular complexity index is 2170. The predicted octanol–water partition coefficient (Wildman–Crippen LogP) is 10.8. The fourth-order valence-electron chi connectivity index (χ4n) is 6.16. The molecule has 12 heteroatoms. The molecule has 0 aromatic carbocycles. The van der Waals surface area contributed by atoms with Crippen LogP contribution in [0.2, 0.25) is 0 Å². The van der Waals surface area contributed by atoms with Crippen molar-refractivity contribution >= 4 is 14.1 Å². The van der Waals surface area contributed by atoms with E-state index in [4.69, 9.17) is 0 Å². The second kappa shape index (κ2) is 24.8. The molecular weight excluding hydrogens is 763 g/mol. The molecule has 5 heterocycles. The van der Waals surface area contributed by atoms with Crippen LogP contribution in [-0.2, 0) is 0 Å². The van der Waals surface area contributed by atoms with Crippen molar-refractivity contribution in [2.24, 2.45) is 0 Å². The number of aromatic nitrogens is 5. The van der Waals surface area contributed by atoms with E-state index in [1.807, 2.05) is 69.2 Å². The Hall–Kier alpha value is -5.39. The number of aryl methyl sites for hydroxylation is 8. The first-order valence-corrected chi connectivity index (χ1v) is 19.6. The van der Waals surface area contributed by atoms with Crippen molar-refractivity contribution in [3.8, 4) is 0 Å². The highest BCUT2D eigenvalue weighted by molar-refractivity contribution is 5.75. The van der Waals surface area contributed by atoms with E-state index in [9.17, 15) is 25.3 Å². The lowest BCUT2D eigenvalue weighted by Crippen LogP contribution is -2.39. The van der Waals surface area contributed by atoms with Crippen LogP contribution in [-0.4, -0.2) is 38.7 Å². The van der Waals surface area contributed by atoms with E-state index in [1.165, 1.54) is 49.2 Å². The fourth-order valence-corrected chi connectivity index (χ4v) is 6.16. The van der Waals surface area contributed by atoms with Crippen LogP contribution in [0.1, 0.15) is 140 Å². The summed E-state index contributed by atoms with van der Waals surface area (Å²) < 4.78 is 2.25. The third-order valence-electron chi connectivity index (χ3n) is 12.1. The van der Waals surface area contributed by atoms with Crippen molar-refractivity contribution in [2.45, 2.75) is 167 Å². The number of rotatable bonds is 1. The number of nitro groups is 1. The highest BCUT2D eigenvalue weighted by Crippen LogP contribution is 2.25. The van der Waals surface area contributed by atoms with Crippen LogP contribution >= 0.6 is 0 Å². The quantitative estimate of drug-likeness (QED) is 0.0500. The van der Waals surface area contributed by atoms with Gasteiger partial charge in [-0.2, -0.15) is 0 Å². The first-order valence-electron chi connectivity index (χ1n) is 19.6. The van der Waals surface area contributed by atoms with Gasteiger partial charge in [-0.15, -0.1) is 0 Å². The van der Waals surface area contributed by atoms with Crippen molar-refractivity contribution in [3.63, 3.8) is 0 Å². The summed E-state index contributed by atoms with van der Waals surface area (Å²) >= 11 is 0. The molecule has 0 amide bonds. The molecule has 0 aliphatic heterocycles. The minimum absolute atomic E-state index is 0. The molecule has 0 saturated carbocycles. The van der Waals surface area contributed by atoms with Crippen molar-refractivity contribution < 1.29 is 26.2 Å². The van der Waals surface area contributed by atoms with E-state index in [0.717, 1.165) is 61.4 Å². The van der Waals surface area contributed by atoms with Crippen LogP contribution in [0.4, 0.5) is 5.69 Å². The second-order valence-corrected chi connectivity index (χ2v) is 15.6. The van der Waals surface area contributed by atoms with Gasteiger partial charge in [0, 0.05) is 103 Å². The molecule has 5 rings (SSSR count). The molecule has 11 nitrogen and oxygen atoms in total. The zero-order valence-corrected chi connectivity index (χ0v) is 40.0. The molecule has 3 radical (unpaired) electrons. The Morgan fingerprint density at radius 2 is 0.770 bits per heavy atom. The molecule has 0 spiro atoms. The Morgan fingerprint density at radius 1 is 0.492 bits per heavy atom. The van der Waals surface area contributed by atoms with E-state index < -0.39 is 4.92 Å². The van der Waals surface area contributed by atoms with Crippen LogP contribution in [0.3, 0.4) is 0 Å². The predicted molar refractivity (Wildman–Crippen MR) is 255 cm³/mol. The average molecular weight is 845 g/mol. The normalized spacial score (nSPS) is 9.74. The van der Waals surface area contributed by atoms with Gasteiger partial charge in [-0.05, 0) is 158 Å². The maximum absolute atomic E-state index is 11.4. The van der Waals surface area contributed by atoms with Crippen LogP contribution in [0, 0.1) is 162 Å². The van der Waals surface area contributed by atoms with Crippen molar-refractivity contribution in [3.05, 3.63) is 150 Å². The lowest BCUT2D eigenvalue weighted by molar-refractivity contribution is -0.913. The zero-order chi connectivity index (χ0) is 45.4. The third-order valence-corrected chi connectivity index (χ3v) is 12.1.